The summed E-state index contributed by atoms with van der Waals surface area (Å²) in [7, 11) is 0. The van der Waals surface area contributed by atoms with Gasteiger partial charge >= 0.3 is 0 Å². The highest BCUT2D eigenvalue weighted by Gasteiger charge is 2.22. The van der Waals surface area contributed by atoms with Gasteiger partial charge in [-0.05, 0) is 37.8 Å². The highest BCUT2D eigenvalue weighted by molar-refractivity contribution is 6.32. The van der Waals surface area contributed by atoms with Crippen LogP contribution in [-0.2, 0) is 0 Å². The van der Waals surface area contributed by atoms with E-state index in [1.165, 1.54) is 0 Å². The summed E-state index contributed by atoms with van der Waals surface area (Å²) < 4.78 is 0. The molecule has 1 fully saturated rings. The Kier molecular flexibility index (Phi) is 3.12. The summed E-state index contributed by atoms with van der Waals surface area (Å²) in [6.45, 7) is 2.03. The number of aromatic nitrogens is 1. The summed E-state index contributed by atoms with van der Waals surface area (Å²) >= 11 is 6.04. The molecule has 1 aliphatic carbocycles. The van der Waals surface area contributed by atoms with Gasteiger partial charge in [-0.25, -0.2) is 4.98 Å². The molecule has 1 heterocycles. The van der Waals surface area contributed by atoms with Gasteiger partial charge in [-0.15, -0.1) is 0 Å². The average molecular weight is 226 g/mol. The van der Waals surface area contributed by atoms with Crippen molar-refractivity contribution < 1.29 is 0 Å². The molecule has 1 aromatic heterocycles. The van der Waals surface area contributed by atoms with Crippen LogP contribution in [0.1, 0.15) is 24.8 Å². The number of anilines is 1. The van der Waals surface area contributed by atoms with Crippen LogP contribution >= 0.6 is 11.6 Å². The maximum absolute atomic E-state index is 6.04. The molecule has 1 saturated carbocycles. The monoisotopic (exact) mass is 225 g/mol. The second-order valence-corrected chi connectivity index (χ2v) is 4.57. The minimum atomic E-state index is 0.332. The van der Waals surface area contributed by atoms with Crippen LogP contribution in [-0.4, -0.2) is 17.1 Å². The summed E-state index contributed by atoms with van der Waals surface area (Å²) in [6, 6.07) is 2.74. The lowest BCUT2D eigenvalue weighted by atomic mass is 10.2. The zero-order valence-corrected chi connectivity index (χ0v) is 9.59. The number of rotatable bonds is 2. The van der Waals surface area contributed by atoms with Gasteiger partial charge in [0.05, 0.1) is 5.69 Å². The van der Waals surface area contributed by atoms with E-state index in [1.54, 1.807) is 6.20 Å². The molecule has 0 spiro atoms. The van der Waals surface area contributed by atoms with E-state index in [0.717, 1.165) is 30.5 Å². The first-order chi connectivity index (χ1) is 7.16. The van der Waals surface area contributed by atoms with Gasteiger partial charge in [0.1, 0.15) is 0 Å². The van der Waals surface area contributed by atoms with Gasteiger partial charge in [0.2, 0.25) is 0 Å². The molecule has 1 aromatic rings. The smallest absolute Gasteiger partial charge is 0.152 e. The van der Waals surface area contributed by atoms with Gasteiger partial charge in [-0.2, -0.15) is 0 Å². The fraction of sp³-hybridized carbons (Fsp3) is 0.545. The molecule has 82 valence electrons. The van der Waals surface area contributed by atoms with Gasteiger partial charge < -0.3 is 11.1 Å². The summed E-state index contributed by atoms with van der Waals surface area (Å²) in [5.41, 5.74) is 7.96. The highest BCUT2D eigenvalue weighted by Crippen LogP contribution is 2.27. The predicted molar refractivity (Wildman–Crippen MR) is 63.2 cm³/mol. The Morgan fingerprint density at radius 1 is 1.53 bits per heavy atom. The first kappa shape index (κ1) is 10.7. The largest absolute Gasteiger partial charge is 0.380 e. The molecule has 0 saturated heterocycles. The number of hydrogen-bond donors (Lipinski definition) is 2. The third kappa shape index (κ3) is 2.41. The van der Waals surface area contributed by atoms with Gasteiger partial charge in [0, 0.05) is 18.3 Å². The third-order valence-corrected chi connectivity index (χ3v) is 3.22. The lowest BCUT2D eigenvalue weighted by Crippen LogP contribution is -2.21. The van der Waals surface area contributed by atoms with Gasteiger partial charge in [-0.3, -0.25) is 0 Å². The predicted octanol–water partition coefficient (Wildman–Crippen LogP) is 2.34. The molecule has 3 nitrogen and oxygen atoms in total. The van der Waals surface area contributed by atoms with E-state index in [-0.39, 0.29) is 0 Å². The fourth-order valence-corrected chi connectivity index (χ4v) is 2.31. The number of halogens is 1. The molecule has 15 heavy (non-hydrogen) atoms. The lowest BCUT2D eigenvalue weighted by Gasteiger charge is -2.16. The van der Waals surface area contributed by atoms with Crippen LogP contribution in [0, 0.1) is 6.92 Å². The van der Waals surface area contributed by atoms with Gasteiger partial charge in [0.25, 0.3) is 0 Å². The molecular formula is C11H16ClN3. The molecule has 0 aromatic carbocycles. The van der Waals surface area contributed by atoms with Crippen molar-refractivity contribution in [3.63, 3.8) is 0 Å². The Morgan fingerprint density at radius 3 is 2.93 bits per heavy atom. The third-order valence-electron chi connectivity index (χ3n) is 2.93. The van der Waals surface area contributed by atoms with E-state index in [1.807, 2.05) is 13.0 Å². The first-order valence-electron chi connectivity index (χ1n) is 5.30. The van der Waals surface area contributed by atoms with Crippen LogP contribution in [0.3, 0.4) is 0 Å². The van der Waals surface area contributed by atoms with Crippen LogP contribution in [0.2, 0.25) is 5.15 Å². The van der Waals surface area contributed by atoms with Gasteiger partial charge in [0.15, 0.2) is 5.15 Å². The molecule has 0 bridgehead atoms. The number of aryl methyl sites for hydroxylation is 1. The topological polar surface area (TPSA) is 50.9 Å². The van der Waals surface area contributed by atoms with E-state index in [2.05, 4.69) is 10.3 Å². The highest BCUT2D eigenvalue weighted by atomic mass is 35.5. The van der Waals surface area contributed by atoms with Crippen LogP contribution in [0.15, 0.2) is 12.3 Å². The maximum Gasteiger partial charge on any atom is 0.152 e. The van der Waals surface area contributed by atoms with Gasteiger partial charge in [-0.1, -0.05) is 11.6 Å². The van der Waals surface area contributed by atoms with Crippen LogP contribution in [0.5, 0.6) is 0 Å². The molecule has 2 unspecified atom stereocenters. The number of nitrogens with one attached hydrogen (secondary N) is 1. The SMILES string of the molecule is Cc1ccnc(Cl)c1NC1CCC(N)C1. The average Bonchev–Trinajstić information content (AvgIpc) is 2.58. The Hall–Kier alpha value is -0.800. The van der Waals surface area contributed by atoms with Crippen LogP contribution in [0.4, 0.5) is 5.69 Å². The van der Waals surface area contributed by atoms with Crippen molar-refractivity contribution in [2.24, 2.45) is 5.73 Å². The normalized spacial score (nSPS) is 25.5. The number of pyridine rings is 1. The molecule has 0 aliphatic heterocycles. The van der Waals surface area contributed by atoms with Crippen molar-refractivity contribution in [2.45, 2.75) is 38.3 Å². The standard InChI is InChI=1S/C11H16ClN3/c1-7-4-5-14-11(12)10(7)15-9-3-2-8(13)6-9/h4-5,8-9,15H,2-3,6,13H2,1H3. The molecule has 3 N–H and O–H groups in total. The Balaban J connectivity index is 2.10. The minimum absolute atomic E-state index is 0.332. The van der Waals surface area contributed by atoms with Crippen molar-refractivity contribution in [1.29, 1.82) is 0 Å². The number of nitrogens with zero attached hydrogens (tertiary/aromatic N) is 1. The lowest BCUT2D eigenvalue weighted by molar-refractivity contribution is 0.687. The summed E-state index contributed by atoms with van der Waals surface area (Å²) in [6.07, 6.45) is 4.95. The molecule has 1 aliphatic rings. The second kappa shape index (κ2) is 4.37. The van der Waals surface area contributed by atoms with E-state index in [9.17, 15) is 0 Å². The number of hydrogen-bond acceptors (Lipinski definition) is 3. The second-order valence-electron chi connectivity index (χ2n) is 4.21. The minimum Gasteiger partial charge on any atom is -0.380 e. The van der Waals surface area contributed by atoms with Crippen LogP contribution < -0.4 is 11.1 Å². The van der Waals surface area contributed by atoms with E-state index in [0.29, 0.717) is 17.2 Å². The van der Waals surface area contributed by atoms with Crippen molar-refractivity contribution in [1.82, 2.24) is 4.98 Å². The molecule has 0 radical (unpaired) electrons. The van der Waals surface area contributed by atoms with E-state index >= 15 is 0 Å². The molecule has 0 amide bonds. The van der Waals surface area contributed by atoms with Crippen molar-refractivity contribution in [3.05, 3.63) is 23.0 Å². The first-order valence-corrected chi connectivity index (χ1v) is 5.68. The summed E-state index contributed by atoms with van der Waals surface area (Å²) in [5, 5.41) is 3.98. The Labute approximate surface area is 95.0 Å². The Morgan fingerprint density at radius 2 is 2.33 bits per heavy atom. The molecule has 4 heteroatoms. The van der Waals surface area contributed by atoms with Crippen molar-refractivity contribution in [2.75, 3.05) is 5.32 Å². The van der Waals surface area contributed by atoms with E-state index in [4.69, 9.17) is 17.3 Å². The van der Waals surface area contributed by atoms with Crippen molar-refractivity contribution in [3.8, 4) is 0 Å². The zero-order valence-electron chi connectivity index (χ0n) is 8.83. The summed E-state index contributed by atoms with van der Waals surface area (Å²) in [5.74, 6) is 0. The van der Waals surface area contributed by atoms with E-state index < -0.39 is 0 Å². The van der Waals surface area contributed by atoms with Crippen molar-refractivity contribution >= 4 is 17.3 Å². The Bertz CT molecular complexity index is 333. The molecule has 2 atom stereocenters. The maximum atomic E-state index is 6.04. The van der Waals surface area contributed by atoms with Crippen LogP contribution in [0.25, 0.3) is 0 Å². The molecular weight excluding hydrogens is 210 g/mol. The zero-order chi connectivity index (χ0) is 10.8. The quantitative estimate of drug-likeness (QED) is 0.760. The molecule has 2 rings (SSSR count). The number of nitrogens with two attached hydrogens (primary N) is 1. The summed E-state index contributed by atoms with van der Waals surface area (Å²) in [4.78, 5) is 4.07. The fourth-order valence-electron chi connectivity index (χ4n) is 2.05.